The van der Waals surface area contributed by atoms with Crippen LogP contribution in [0.2, 0.25) is 0 Å². The van der Waals surface area contributed by atoms with Gasteiger partial charge in [0.1, 0.15) is 5.75 Å². The first-order valence-electron chi connectivity index (χ1n) is 7.82. The molecular formula is C18H25NO3. The van der Waals surface area contributed by atoms with Gasteiger partial charge in [0.15, 0.2) is 0 Å². The molecule has 1 aliphatic heterocycles. The van der Waals surface area contributed by atoms with E-state index in [1.54, 1.807) is 0 Å². The van der Waals surface area contributed by atoms with Crippen molar-refractivity contribution in [3.05, 3.63) is 29.8 Å². The van der Waals surface area contributed by atoms with Gasteiger partial charge in [-0.1, -0.05) is 12.1 Å². The summed E-state index contributed by atoms with van der Waals surface area (Å²) >= 11 is 0. The van der Waals surface area contributed by atoms with Crippen molar-refractivity contribution in [2.24, 2.45) is 5.41 Å². The number of nitrogens with one attached hydrogen (secondary N) is 1. The summed E-state index contributed by atoms with van der Waals surface area (Å²) in [6, 6.07) is 8.02. The highest BCUT2D eigenvalue weighted by atomic mass is 16.5. The lowest BCUT2D eigenvalue weighted by Gasteiger charge is -2.35. The van der Waals surface area contributed by atoms with Gasteiger partial charge in [0.05, 0.1) is 13.2 Å². The summed E-state index contributed by atoms with van der Waals surface area (Å²) in [6.07, 6.45) is 7.64. The maximum Gasteiger partial charge on any atom is 0.119 e. The van der Waals surface area contributed by atoms with Crippen molar-refractivity contribution in [3.8, 4) is 18.1 Å². The molecule has 2 N–H and O–H groups in total. The second kappa shape index (κ2) is 8.79. The molecule has 0 aliphatic carbocycles. The molecule has 22 heavy (non-hydrogen) atoms. The van der Waals surface area contributed by atoms with Gasteiger partial charge in [-0.05, 0) is 30.5 Å². The van der Waals surface area contributed by atoms with Crippen LogP contribution in [0.5, 0.6) is 5.75 Å². The number of aliphatic hydroxyl groups is 1. The molecule has 4 nitrogen and oxygen atoms in total. The van der Waals surface area contributed by atoms with Crippen LogP contribution in [0.3, 0.4) is 0 Å². The zero-order valence-electron chi connectivity index (χ0n) is 13.0. The van der Waals surface area contributed by atoms with Gasteiger partial charge in [0.25, 0.3) is 0 Å². The minimum absolute atomic E-state index is 0.0312. The third-order valence-electron chi connectivity index (χ3n) is 4.16. The lowest BCUT2D eigenvalue weighted by molar-refractivity contribution is -0.0154. The molecule has 1 fully saturated rings. The Hall–Kier alpha value is -1.54. The molecule has 0 unspecified atom stereocenters. The Balaban J connectivity index is 1.75. The van der Waals surface area contributed by atoms with E-state index in [9.17, 15) is 5.11 Å². The van der Waals surface area contributed by atoms with Crippen molar-refractivity contribution in [1.82, 2.24) is 5.32 Å². The smallest absolute Gasteiger partial charge is 0.119 e. The van der Waals surface area contributed by atoms with E-state index in [1.807, 2.05) is 24.3 Å². The van der Waals surface area contributed by atoms with Gasteiger partial charge in [0.2, 0.25) is 0 Å². The predicted octanol–water partition coefficient (Wildman–Crippen LogP) is 1.97. The van der Waals surface area contributed by atoms with Gasteiger partial charge in [-0.25, -0.2) is 0 Å². The van der Waals surface area contributed by atoms with Crippen LogP contribution in [0.1, 0.15) is 24.8 Å². The number of ether oxygens (including phenoxy) is 2. The lowest BCUT2D eigenvalue weighted by Crippen LogP contribution is -2.41. The van der Waals surface area contributed by atoms with E-state index in [2.05, 4.69) is 11.2 Å². The van der Waals surface area contributed by atoms with Gasteiger partial charge in [-0.3, -0.25) is 0 Å². The molecule has 1 saturated heterocycles. The van der Waals surface area contributed by atoms with Crippen LogP contribution in [-0.2, 0) is 11.3 Å². The van der Waals surface area contributed by atoms with Gasteiger partial charge in [0, 0.05) is 38.1 Å². The summed E-state index contributed by atoms with van der Waals surface area (Å²) in [5, 5.41) is 13.1. The first-order chi connectivity index (χ1) is 10.8. The highest BCUT2D eigenvalue weighted by Gasteiger charge is 2.31. The number of benzene rings is 1. The summed E-state index contributed by atoms with van der Waals surface area (Å²) in [6.45, 7) is 3.85. The largest absolute Gasteiger partial charge is 0.493 e. The van der Waals surface area contributed by atoms with Crippen molar-refractivity contribution in [2.45, 2.75) is 25.8 Å². The molecule has 0 amide bonds. The number of hydrogen-bond donors (Lipinski definition) is 2. The van der Waals surface area contributed by atoms with Crippen molar-refractivity contribution in [2.75, 3.05) is 33.0 Å². The van der Waals surface area contributed by atoms with Gasteiger partial charge in [-0.15, -0.1) is 12.3 Å². The molecule has 2 rings (SSSR count). The SMILES string of the molecule is C#CCCOc1ccc(CNCC2(CO)CCOCC2)cc1. The van der Waals surface area contributed by atoms with E-state index in [0.717, 1.165) is 44.9 Å². The molecule has 4 heteroatoms. The Kier molecular flexibility index (Phi) is 6.73. The summed E-state index contributed by atoms with van der Waals surface area (Å²) in [5.74, 6) is 3.40. The number of aliphatic hydroxyl groups excluding tert-OH is 1. The molecule has 0 radical (unpaired) electrons. The van der Waals surface area contributed by atoms with Crippen LogP contribution in [0.15, 0.2) is 24.3 Å². The van der Waals surface area contributed by atoms with Crippen molar-refractivity contribution >= 4 is 0 Å². The Morgan fingerprint density at radius 1 is 1.27 bits per heavy atom. The number of rotatable bonds is 8. The van der Waals surface area contributed by atoms with Gasteiger partial charge in [-0.2, -0.15) is 0 Å². The van der Waals surface area contributed by atoms with E-state index in [1.165, 1.54) is 5.56 Å². The third-order valence-corrected chi connectivity index (χ3v) is 4.16. The van der Waals surface area contributed by atoms with Crippen LogP contribution in [0.4, 0.5) is 0 Å². The Morgan fingerprint density at radius 3 is 2.64 bits per heavy atom. The van der Waals surface area contributed by atoms with Crippen LogP contribution < -0.4 is 10.1 Å². The molecule has 0 bridgehead atoms. The minimum Gasteiger partial charge on any atom is -0.493 e. The van der Waals surface area contributed by atoms with E-state index in [4.69, 9.17) is 15.9 Å². The number of hydrogen-bond acceptors (Lipinski definition) is 4. The zero-order valence-corrected chi connectivity index (χ0v) is 13.0. The molecule has 0 saturated carbocycles. The van der Waals surface area contributed by atoms with E-state index in [0.29, 0.717) is 13.0 Å². The first-order valence-corrected chi connectivity index (χ1v) is 7.82. The summed E-state index contributed by atoms with van der Waals surface area (Å²) in [7, 11) is 0. The lowest BCUT2D eigenvalue weighted by atomic mass is 9.81. The second-order valence-electron chi connectivity index (χ2n) is 5.82. The molecule has 120 valence electrons. The summed E-state index contributed by atoms with van der Waals surface area (Å²) in [4.78, 5) is 0. The quantitative estimate of drug-likeness (QED) is 0.569. The molecule has 0 spiro atoms. The average Bonchev–Trinajstić information content (AvgIpc) is 2.57. The molecule has 1 aromatic rings. The van der Waals surface area contributed by atoms with Crippen molar-refractivity contribution < 1.29 is 14.6 Å². The summed E-state index contributed by atoms with van der Waals surface area (Å²) < 4.78 is 10.9. The predicted molar refractivity (Wildman–Crippen MR) is 86.7 cm³/mol. The Labute approximate surface area is 132 Å². The van der Waals surface area contributed by atoms with Gasteiger partial charge < -0.3 is 19.9 Å². The highest BCUT2D eigenvalue weighted by Crippen LogP contribution is 2.29. The average molecular weight is 303 g/mol. The van der Waals surface area contributed by atoms with E-state index >= 15 is 0 Å². The second-order valence-corrected chi connectivity index (χ2v) is 5.82. The molecule has 1 aliphatic rings. The first kappa shape index (κ1) is 16.8. The highest BCUT2D eigenvalue weighted by molar-refractivity contribution is 5.27. The normalized spacial score (nSPS) is 16.9. The van der Waals surface area contributed by atoms with E-state index < -0.39 is 0 Å². The fraction of sp³-hybridized carbons (Fsp3) is 0.556. The van der Waals surface area contributed by atoms with Crippen LogP contribution >= 0.6 is 0 Å². The van der Waals surface area contributed by atoms with Crippen molar-refractivity contribution in [1.29, 1.82) is 0 Å². The Morgan fingerprint density at radius 2 is 2.00 bits per heavy atom. The monoisotopic (exact) mass is 303 g/mol. The zero-order chi connectivity index (χ0) is 15.7. The van der Waals surface area contributed by atoms with Crippen molar-refractivity contribution in [3.63, 3.8) is 0 Å². The fourth-order valence-electron chi connectivity index (χ4n) is 2.60. The topological polar surface area (TPSA) is 50.7 Å². The molecule has 0 atom stereocenters. The van der Waals surface area contributed by atoms with Gasteiger partial charge >= 0.3 is 0 Å². The minimum atomic E-state index is -0.0312. The standard InChI is InChI=1S/C18H25NO3/c1-2-3-10-22-17-6-4-16(5-7-17)13-19-14-18(15-20)8-11-21-12-9-18/h1,4-7,19-20H,3,8-15H2. The summed E-state index contributed by atoms with van der Waals surface area (Å²) in [5.41, 5.74) is 1.17. The Bertz CT molecular complexity index is 472. The molecule has 1 aromatic carbocycles. The van der Waals surface area contributed by atoms with Crippen LogP contribution in [0, 0.1) is 17.8 Å². The third kappa shape index (κ3) is 5.03. The molecular weight excluding hydrogens is 278 g/mol. The molecule has 0 aromatic heterocycles. The van der Waals surface area contributed by atoms with Crippen LogP contribution in [-0.4, -0.2) is 38.1 Å². The molecule has 1 heterocycles. The number of terminal acetylenes is 1. The maximum absolute atomic E-state index is 9.65. The van der Waals surface area contributed by atoms with Crippen LogP contribution in [0.25, 0.3) is 0 Å². The van der Waals surface area contributed by atoms with E-state index in [-0.39, 0.29) is 12.0 Å². The maximum atomic E-state index is 9.65. The fourth-order valence-corrected chi connectivity index (χ4v) is 2.60.